The molecule has 7 rings (SSSR count). The van der Waals surface area contributed by atoms with Crippen LogP contribution in [0.3, 0.4) is 0 Å². The van der Waals surface area contributed by atoms with Crippen molar-refractivity contribution in [2.24, 2.45) is 24.3 Å². The molecule has 2 N–H and O–H groups in total. The summed E-state index contributed by atoms with van der Waals surface area (Å²) in [5, 5.41) is 12.9. The summed E-state index contributed by atoms with van der Waals surface area (Å²) in [5.41, 5.74) is 1.85. The molecule has 1 amide bonds. The molecule has 1 spiro atoms. The van der Waals surface area contributed by atoms with Crippen molar-refractivity contribution in [2.45, 2.75) is 75.6 Å². The van der Waals surface area contributed by atoms with Gasteiger partial charge in [0, 0.05) is 42.1 Å². The number of aryl methyl sites for hydroxylation is 1. The van der Waals surface area contributed by atoms with Gasteiger partial charge in [-0.05, 0) is 110 Å². The lowest BCUT2D eigenvalue weighted by Crippen LogP contribution is -2.57. The number of hydrogen-bond acceptors (Lipinski definition) is 7. The van der Waals surface area contributed by atoms with Crippen LogP contribution in [0.4, 0.5) is 5.69 Å². The lowest BCUT2D eigenvalue weighted by molar-refractivity contribution is -0.102. The van der Waals surface area contributed by atoms with Gasteiger partial charge in [0.2, 0.25) is 15.3 Å². The molecule has 3 aromatic rings. The van der Waals surface area contributed by atoms with E-state index in [1.54, 1.807) is 42.9 Å². The molecule has 2 aromatic carbocycles. The van der Waals surface area contributed by atoms with Gasteiger partial charge < -0.3 is 19.3 Å². The predicted octanol–water partition coefficient (Wildman–Crippen LogP) is 6.55. The van der Waals surface area contributed by atoms with Crippen molar-refractivity contribution >= 4 is 44.8 Å². The van der Waals surface area contributed by atoms with Crippen LogP contribution in [0.2, 0.25) is 10.3 Å². The van der Waals surface area contributed by atoms with Gasteiger partial charge in [-0.1, -0.05) is 43.7 Å². The average Bonchev–Trinajstić information content (AvgIpc) is 3.31. The van der Waals surface area contributed by atoms with Crippen LogP contribution in [0.15, 0.2) is 54.7 Å². The van der Waals surface area contributed by atoms with Crippen molar-refractivity contribution in [3.8, 4) is 5.75 Å². The molecule has 2 aliphatic carbocycles. The molecule has 1 aromatic heterocycles. The predicted molar refractivity (Wildman–Crippen MR) is 192 cm³/mol. The molecule has 9 nitrogen and oxygen atoms in total. The summed E-state index contributed by atoms with van der Waals surface area (Å²) >= 11 is 12.9. The highest BCUT2D eigenvalue weighted by Gasteiger charge is 2.56. The third-order valence-corrected chi connectivity index (χ3v) is 14.5. The Bertz CT molecular complexity index is 1950. The minimum atomic E-state index is -4.02. The van der Waals surface area contributed by atoms with Crippen molar-refractivity contribution in [3.05, 3.63) is 87.4 Å². The van der Waals surface area contributed by atoms with Crippen LogP contribution in [0.25, 0.3) is 0 Å². The Hall–Kier alpha value is -3.05. The van der Waals surface area contributed by atoms with Crippen LogP contribution in [0.5, 0.6) is 5.75 Å². The number of carbonyl (C=O) groups is 1. The van der Waals surface area contributed by atoms with Gasteiger partial charge in [-0.3, -0.25) is 4.79 Å². The fourth-order valence-corrected chi connectivity index (χ4v) is 10.4. The van der Waals surface area contributed by atoms with E-state index in [4.69, 9.17) is 27.9 Å². The molecule has 0 radical (unpaired) electrons. The third-order valence-electron chi connectivity index (χ3n) is 12.0. The zero-order valence-corrected chi connectivity index (χ0v) is 30.7. The first-order chi connectivity index (χ1) is 23.2. The second-order valence-corrected chi connectivity index (χ2v) is 17.9. The summed E-state index contributed by atoms with van der Waals surface area (Å²) in [7, 11) is -2.22. The molecule has 12 heteroatoms. The van der Waals surface area contributed by atoms with E-state index in [1.807, 2.05) is 25.1 Å². The molecule has 1 saturated carbocycles. The van der Waals surface area contributed by atoms with E-state index in [0.717, 1.165) is 37.8 Å². The third kappa shape index (κ3) is 5.86. The van der Waals surface area contributed by atoms with Gasteiger partial charge in [0.25, 0.3) is 5.91 Å². The number of aliphatic hydroxyl groups is 1. The molecule has 4 aliphatic rings. The SMILES string of the molecule is C[C@@H]1[C@@H](C)C/C=C/[C@@](O)(c2cnc(Cl)n2C)[C@@H]2CCC2(C)CN2C[C@@]3(CCCc4cc(Cl)ccc43)COc3ccc(cc32)C(=O)NS1(=O)=O. The second kappa shape index (κ2) is 12.3. The Balaban J connectivity index is 1.38. The standard InChI is InChI=1S/C37H44Cl2N4O5S/c1-23-7-5-15-37(45,32-19-40-34(39)42(32)4)31-13-16-35(31,3)20-43-21-36(14-6-8-25-17-27(38)10-11-28(25)36)22-48-30-12-9-26(18-29(30)43)33(44)41-49(46,47)24(23)2/h5,9-12,15,17-19,23-24,31,45H,6-8,13-14,16,20-22H2,1-4H3,(H,41,44)/b15-5+/t23-,24+,31+,35?,36-,37-/m0/s1. The molecule has 0 saturated heterocycles. The monoisotopic (exact) mass is 726 g/mol. The summed E-state index contributed by atoms with van der Waals surface area (Å²) in [5.74, 6) is -0.591. The number of ether oxygens (including phenoxy) is 1. The zero-order chi connectivity index (χ0) is 34.9. The van der Waals surface area contributed by atoms with E-state index in [1.165, 1.54) is 11.1 Å². The van der Waals surface area contributed by atoms with Gasteiger partial charge in [0.1, 0.15) is 11.4 Å². The van der Waals surface area contributed by atoms with Crippen molar-refractivity contribution in [1.29, 1.82) is 0 Å². The van der Waals surface area contributed by atoms with Crippen molar-refractivity contribution in [3.63, 3.8) is 0 Å². The number of benzene rings is 2. The lowest BCUT2D eigenvalue weighted by Gasteiger charge is -2.56. The van der Waals surface area contributed by atoms with Crippen molar-refractivity contribution < 1.29 is 23.1 Å². The maximum absolute atomic E-state index is 13.6. The molecule has 1 fully saturated rings. The lowest BCUT2D eigenvalue weighted by atomic mass is 9.54. The van der Waals surface area contributed by atoms with Crippen molar-refractivity contribution in [1.82, 2.24) is 14.3 Å². The average molecular weight is 728 g/mol. The summed E-state index contributed by atoms with van der Waals surface area (Å²) in [6.45, 7) is 7.29. The molecule has 1 unspecified atom stereocenters. The Kier molecular flexibility index (Phi) is 8.65. The second-order valence-electron chi connectivity index (χ2n) is 15.1. The number of allylic oxidation sites excluding steroid dienone is 1. The number of sulfonamides is 1. The number of carbonyl (C=O) groups excluding carboxylic acids is 1. The van der Waals surface area contributed by atoms with Crippen molar-refractivity contribution in [2.75, 3.05) is 24.6 Å². The normalized spacial score (nSPS) is 33.3. The first kappa shape index (κ1) is 34.4. The summed E-state index contributed by atoms with van der Waals surface area (Å²) in [4.78, 5) is 20.2. The molecule has 2 aliphatic heterocycles. The van der Waals surface area contributed by atoms with Crippen LogP contribution < -0.4 is 14.4 Å². The quantitative estimate of drug-likeness (QED) is 0.274. The van der Waals surface area contributed by atoms with E-state index < -0.39 is 26.8 Å². The highest BCUT2D eigenvalue weighted by molar-refractivity contribution is 7.90. The largest absolute Gasteiger partial charge is 0.490 e. The smallest absolute Gasteiger partial charge is 0.264 e. The highest BCUT2D eigenvalue weighted by atomic mass is 35.5. The molecule has 6 atom stereocenters. The molecule has 2 bridgehead atoms. The highest BCUT2D eigenvalue weighted by Crippen LogP contribution is 2.57. The number of imidazole rings is 1. The van der Waals surface area contributed by atoms with Gasteiger partial charge in [-0.15, -0.1) is 0 Å². The number of rotatable bonds is 1. The maximum atomic E-state index is 13.6. The van der Waals surface area contributed by atoms with Gasteiger partial charge in [-0.25, -0.2) is 18.1 Å². The Morgan fingerprint density at radius 3 is 2.61 bits per heavy atom. The molecular formula is C37H44Cl2N4O5S. The van der Waals surface area contributed by atoms with E-state index >= 15 is 0 Å². The topological polar surface area (TPSA) is 114 Å². The van der Waals surface area contributed by atoms with Gasteiger partial charge in [0.15, 0.2) is 0 Å². The zero-order valence-electron chi connectivity index (χ0n) is 28.4. The number of nitrogens with one attached hydrogen (secondary N) is 1. The van der Waals surface area contributed by atoms with E-state index in [-0.39, 0.29) is 33.5 Å². The maximum Gasteiger partial charge on any atom is 0.264 e. The fourth-order valence-electron chi connectivity index (χ4n) is 8.77. The first-order valence-electron chi connectivity index (χ1n) is 17.1. The van der Waals surface area contributed by atoms with E-state index in [9.17, 15) is 18.3 Å². The molecule has 262 valence electrons. The van der Waals surface area contributed by atoms with Crippen LogP contribution in [0, 0.1) is 17.3 Å². The molecule has 49 heavy (non-hydrogen) atoms. The Morgan fingerprint density at radius 2 is 1.90 bits per heavy atom. The summed E-state index contributed by atoms with van der Waals surface area (Å²) in [6.07, 6.45) is 10.2. The number of aromatic nitrogens is 2. The van der Waals surface area contributed by atoms with Gasteiger partial charge in [0.05, 0.1) is 29.4 Å². The summed E-state index contributed by atoms with van der Waals surface area (Å²) in [6, 6.07) is 11.3. The minimum absolute atomic E-state index is 0.209. The van der Waals surface area contributed by atoms with Crippen LogP contribution in [0.1, 0.15) is 80.1 Å². The number of halogens is 2. The molecule has 3 heterocycles. The number of hydrogen-bond donors (Lipinski definition) is 2. The fraction of sp³-hybridized carbons (Fsp3) is 0.514. The number of amides is 1. The molecular weight excluding hydrogens is 683 g/mol. The first-order valence-corrected chi connectivity index (χ1v) is 19.4. The number of anilines is 1. The van der Waals surface area contributed by atoms with E-state index in [0.29, 0.717) is 42.6 Å². The van der Waals surface area contributed by atoms with Crippen LogP contribution in [-0.2, 0) is 34.5 Å². The summed E-state index contributed by atoms with van der Waals surface area (Å²) < 4.78 is 37.6. The van der Waals surface area contributed by atoms with Crippen LogP contribution >= 0.6 is 23.2 Å². The number of fused-ring (bicyclic) bond motifs is 4. The minimum Gasteiger partial charge on any atom is -0.490 e. The van der Waals surface area contributed by atoms with Crippen LogP contribution in [-0.4, -0.2) is 53.9 Å². The van der Waals surface area contributed by atoms with Gasteiger partial charge >= 0.3 is 0 Å². The number of nitrogens with zero attached hydrogens (tertiary/aromatic N) is 3. The Labute approximate surface area is 298 Å². The Morgan fingerprint density at radius 1 is 1.10 bits per heavy atom. The van der Waals surface area contributed by atoms with Gasteiger partial charge in [-0.2, -0.15) is 0 Å². The van der Waals surface area contributed by atoms with E-state index in [2.05, 4.69) is 33.7 Å².